The van der Waals surface area contributed by atoms with E-state index in [0.29, 0.717) is 12.2 Å². The lowest BCUT2D eigenvalue weighted by molar-refractivity contribution is 0.0913. The van der Waals surface area contributed by atoms with Crippen molar-refractivity contribution in [2.45, 2.75) is 13.0 Å². The third-order valence-electron chi connectivity index (χ3n) is 2.87. The Morgan fingerprint density at radius 3 is 2.70 bits per heavy atom. The Morgan fingerprint density at radius 2 is 2.05 bits per heavy atom. The predicted molar refractivity (Wildman–Crippen MR) is 80.0 cm³/mol. The number of nitrogens with zero attached hydrogens (tertiary/aromatic N) is 1. The molecule has 1 heterocycles. The van der Waals surface area contributed by atoms with Crippen molar-refractivity contribution in [1.29, 1.82) is 0 Å². The van der Waals surface area contributed by atoms with Crippen LogP contribution in [0.1, 0.15) is 17.5 Å². The van der Waals surface area contributed by atoms with Gasteiger partial charge >= 0.3 is 0 Å². The van der Waals surface area contributed by atoms with E-state index < -0.39 is 0 Å². The molecule has 0 spiro atoms. The smallest absolute Gasteiger partial charge is 0.289 e. The number of nitrogens with one attached hydrogen (secondary N) is 2. The van der Waals surface area contributed by atoms with Crippen LogP contribution < -0.4 is 10.6 Å². The Morgan fingerprint density at radius 1 is 1.35 bits per heavy atom. The molecule has 0 saturated carbocycles. The molecule has 5 nitrogen and oxygen atoms in total. The van der Waals surface area contributed by atoms with E-state index in [1.54, 1.807) is 6.07 Å². The van der Waals surface area contributed by atoms with E-state index in [-0.39, 0.29) is 30.1 Å². The SMILES string of the molecule is CNC(C)CNC(=O)c1cc(-c2ccccc2)no1.Cl. The molecule has 20 heavy (non-hydrogen) atoms. The van der Waals surface area contributed by atoms with E-state index in [0.717, 1.165) is 5.56 Å². The summed E-state index contributed by atoms with van der Waals surface area (Å²) in [4.78, 5) is 11.8. The molecule has 0 aliphatic rings. The van der Waals surface area contributed by atoms with Gasteiger partial charge in [-0.2, -0.15) is 0 Å². The van der Waals surface area contributed by atoms with Crippen LogP contribution in [0.5, 0.6) is 0 Å². The number of carbonyl (C=O) groups is 1. The van der Waals surface area contributed by atoms with Gasteiger partial charge in [0.25, 0.3) is 5.91 Å². The summed E-state index contributed by atoms with van der Waals surface area (Å²) in [5, 5.41) is 9.72. The molecule has 2 rings (SSSR count). The van der Waals surface area contributed by atoms with Crippen LogP contribution in [-0.4, -0.2) is 30.7 Å². The Kier molecular flexibility index (Phi) is 6.21. The molecule has 2 aromatic rings. The Bertz CT molecular complexity index is 542. The summed E-state index contributed by atoms with van der Waals surface area (Å²) in [5.41, 5.74) is 1.58. The lowest BCUT2D eigenvalue weighted by Crippen LogP contribution is -2.37. The van der Waals surface area contributed by atoms with Gasteiger partial charge in [-0.05, 0) is 14.0 Å². The van der Waals surface area contributed by atoms with Crippen LogP contribution in [-0.2, 0) is 0 Å². The van der Waals surface area contributed by atoms with Gasteiger partial charge in [0.2, 0.25) is 5.76 Å². The third-order valence-corrected chi connectivity index (χ3v) is 2.87. The Hall–Kier alpha value is -1.85. The molecule has 0 aliphatic carbocycles. The zero-order valence-electron chi connectivity index (χ0n) is 11.4. The number of likely N-dealkylation sites (N-methyl/N-ethyl adjacent to an activating group) is 1. The van der Waals surface area contributed by atoms with Gasteiger partial charge in [-0.25, -0.2) is 0 Å². The molecule has 0 radical (unpaired) electrons. The molecule has 1 atom stereocenters. The number of amides is 1. The number of benzene rings is 1. The van der Waals surface area contributed by atoms with Crippen molar-refractivity contribution in [1.82, 2.24) is 15.8 Å². The van der Waals surface area contributed by atoms with Gasteiger partial charge in [-0.3, -0.25) is 4.79 Å². The standard InChI is InChI=1S/C14H17N3O2.ClH/c1-10(15-2)9-16-14(18)13-8-12(17-19-13)11-6-4-3-5-7-11;/h3-8,10,15H,9H2,1-2H3,(H,16,18);1H. The summed E-state index contributed by atoms with van der Waals surface area (Å²) in [6.07, 6.45) is 0. The first kappa shape index (κ1) is 16.2. The molecule has 1 aromatic carbocycles. The highest BCUT2D eigenvalue weighted by atomic mass is 35.5. The van der Waals surface area contributed by atoms with Crippen molar-refractivity contribution < 1.29 is 9.32 Å². The van der Waals surface area contributed by atoms with Crippen LogP contribution in [0.2, 0.25) is 0 Å². The van der Waals surface area contributed by atoms with Crippen molar-refractivity contribution in [3.63, 3.8) is 0 Å². The lowest BCUT2D eigenvalue weighted by Gasteiger charge is -2.09. The minimum Gasteiger partial charge on any atom is -0.350 e. The molecule has 1 amide bonds. The zero-order chi connectivity index (χ0) is 13.7. The van der Waals surface area contributed by atoms with Gasteiger partial charge in [0.05, 0.1) is 0 Å². The normalized spacial score (nSPS) is 11.5. The highest BCUT2D eigenvalue weighted by Gasteiger charge is 2.14. The number of carbonyl (C=O) groups excluding carboxylic acids is 1. The fourth-order valence-corrected chi connectivity index (χ4v) is 1.56. The highest BCUT2D eigenvalue weighted by Crippen LogP contribution is 2.18. The van der Waals surface area contributed by atoms with E-state index >= 15 is 0 Å². The summed E-state index contributed by atoms with van der Waals surface area (Å²) in [5.74, 6) is -0.0288. The molecule has 2 N–H and O–H groups in total. The average Bonchev–Trinajstić information content (AvgIpc) is 2.95. The van der Waals surface area contributed by atoms with E-state index in [1.807, 2.05) is 44.3 Å². The summed E-state index contributed by atoms with van der Waals surface area (Å²) < 4.78 is 5.06. The molecule has 0 bridgehead atoms. The van der Waals surface area contributed by atoms with Crippen molar-refractivity contribution in [3.05, 3.63) is 42.2 Å². The minimum atomic E-state index is -0.253. The number of halogens is 1. The second-order valence-corrected chi connectivity index (χ2v) is 4.34. The van der Waals surface area contributed by atoms with Gasteiger partial charge in [0.1, 0.15) is 5.69 Å². The quantitative estimate of drug-likeness (QED) is 0.886. The molecular weight excluding hydrogens is 278 g/mol. The number of rotatable bonds is 5. The second-order valence-electron chi connectivity index (χ2n) is 4.34. The van der Waals surface area contributed by atoms with Crippen LogP contribution in [0.25, 0.3) is 11.3 Å². The van der Waals surface area contributed by atoms with Crippen LogP contribution in [0.3, 0.4) is 0 Å². The van der Waals surface area contributed by atoms with E-state index in [4.69, 9.17) is 4.52 Å². The Labute approximate surface area is 124 Å². The molecule has 1 aromatic heterocycles. The summed E-state index contributed by atoms with van der Waals surface area (Å²) in [7, 11) is 1.85. The van der Waals surface area contributed by atoms with Crippen molar-refractivity contribution in [2.75, 3.05) is 13.6 Å². The summed E-state index contributed by atoms with van der Waals surface area (Å²) in [6.45, 7) is 2.52. The molecule has 108 valence electrons. The summed E-state index contributed by atoms with van der Waals surface area (Å²) in [6, 6.07) is 11.5. The maximum Gasteiger partial charge on any atom is 0.289 e. The van der Waals surface area contributed by atoms with Crippen LogP contribution >= 0.6 is 12.4 Å². The zero-order valence-corrected chi connectivity index (χ0v) is 12.2. The molecular formula is C14H18ClN3O2. The predicted octanol–water partition coefficient (Wildman–Crippen LogP) is 2.10. The van der Waals surface area contributed by atoms with E-state index in [2.05, 4.69) is 15.8 Å². The Balaban J connectivity index is 0.00000200. The van der Waals surface area contributed by atoms with Gasteiger partial charge < -0.3 is 15.2 Å². The van der Waals surface area contributed by atoms with Crippen LogP contribution in [0.4, 0.5) is 0 Å². The topological polar surface area (TPSA) is 67.2 Å². The number of hydrogen-bond donors (Lipinski definition) is 2. The first-order chi connectivity index (χ1) is 9.20. The van der Waals surface area contributed by atoms with E-state index in [9.17, 15) is 4.79 Å². The maximum absolute atomic E-state index is 11.8. The highest BCUT2D eigenvalue weighted by molar-refractivity contribution is 5.92. The molecule has 6 heteroatoms. The second kappa shape index (κ2) is 7.67. The van der Waals surface area contributed by atoms with E-state index in [1.165, 1.54) is 0 Å². The molecule has 1 unspecified atom stereocenters. The van der Waals surface area contributed by atoms with Gasteiger partial charge in [-0.1, -0.05) is 35.5 Å². The molecule has 0 aliphatic heterocycles. The average molecular weight is 296 g/mol. The van der Waals surface area contributed by atoms with Crippen LogP contribution in [0.15, 0.2) is 40.9 Å². The van der Waals surface area contributed by atoms with Crippen molar-refractivity contribution >= 4 is 18.3 Å². The monoisotopic (exact) mass is 295 g/mol. The number of hydrogen-bond acceptors (Lipinski definition) is 4. The number of aromatic nitrogens is 1. The third kappa shape index (κ3) is 4.08. The van der Waals surface area contributed by atoms with Gasteiger partial charge in [0.15, 0.2) is 0 Å². The van der Waals surface area contributed by atoms with Crippen molar-refractivity contribution in [2.24, 2.45) is 0 Å². The van der Waals surface area contributed by atoms with Crippen LogP contribution in [0, 0.1) is 0 Å². The van der Waals surface area contributed by atoms with Gasteiger partial charge in [0, 0.05) is 24.2 Å². The minimum absolute atomic E-state index is 0. The van der Waals surface area contributed by atoms with Gasteiger partial charge in [-0.15, -0.1) is 12.4 Å². The molecule has 0 fully saturated rings. The maximum atomic E-state index is 11.8. The first-order valence-corrected chi connectivity index (χ1v) is 6.18. The van der Waals surface area contributed by atoms with Crippen molar-refractivity contribution in [3.8, 4) is 11.3 Å². The largest absolute Gasteiger partial charge is 0.350 e. The fraction of sp³-hybridized carbons (Fsp3) is 0.286. The lowest BCUT2D eigenvalue weighted by atomic mass is 10.1. The molecule has 0 saturated heterocycles. The first-order valence-electron chi connectivity index (χ1n) is 6.18. The fourth-order valence-electron chi connectivity index (χ4n) is 1.56. The summed E-state index contributed by atoms with van der Waals surface area (Å²) >= 11 is 0.